The van der Waals surface area contributed by atoms with Crippen LogP contribution in [0.5, 0.6) is 0 Å². The second kappa shape index (κ2) is 10.4. The van der Waals surface area contributed by atoms with Crippen molar-refractivity contribution in [1.29, 1.82) is 0 Å². The molecule has 2 heterocycles. The minimum Gasteiger partial charge on any atom is -0.456 e. The molecule has 0 aliphatic rings. The van der Waals surface area contributed by atoms with E-state index in [4.69, 9.17) is 22.5 Å². The fourth-order valence-corrected chi connectivity index (χ4v) is 6.72. The maximum Gasteiger partial charge on any atom is 0.136 e. The quantitative estimate of drug-likeness (QED) is 0.177. The van der Waals surface area contributed by atoms with Gasteiger partial charge in [0.05, 0.1) is 28.8 Å². The monoisotopic (exact) mass is 657 g/mol. The topological polar surface area (TPSA) is 26.3 Å². The third kappa shape index (κ3) is 3.96. The fraction of sp³-hybridized carbons (Fsp3) is 0. The number of benzene rings is 9. The van der Waals surface area contributed by atoms with Gasteiger partial charge in [-0.15, -0.1) is 0 Å². The van der Waals surface area contributed by atoms with Crippen molar-refractivity contribution in [2.24, 2.45) is 0 Å². The van der Waals surface area contributed by atoms with Gasteiger partial charge in [-0.1, -0.05) is 127 Å². The first-order valence-corrected chi connectivity index (χ1v) is 15.4. The van der Waals surface area contributed by atoms with E-state index in [9.17, 15) is 15.1 Å². The molecule has 0 aliphatic carbocycles. The van der Waals surface area contributed by atoms with Gasteiger partial charge < -0.3 is 8.83 Å². The summed E-state index contributed by atoms with van der Waals surface area (Å²) in [6, 6.07) is -3.28. The highest BCUT2D eigenvalue weighted by molar-refractivity contribution is 6.26. The number of hydrogen-bond acceptors (Lipinski definition) is 2. The van der Waals surface area contributed by atoms with E-state index in [1.165, 1.54) is 0 Å². The van der Waals surface area contributed by atoms with E-state index in [0.717, 1.165) is 5.39 Å². The van der Waals surface area contributed by atoms with Crippen LogP contribution in [0.2, 0.25) is 0 Å². The molecular weight excluding hydrogens is 609 g/mol. The Labute approximate surface area is 316 Å². The summed E-state index contributed by atoms with van der Waals surface area (Å²) in [6.07, 6.45) is 0. The molecule has 50 heavy (non-hydrogen) atoms. The Bertz CT molecular complexity index is 4280. The van der Waals surface area contributed by atoms with E-state index in [0.29, 0.717) is 5.39 Å². The van der Waals surface area contributed by atoms with Crippen molar-refractivity contribution in [3.8, 4) is 33.4 Å². The van der Waals surface area contributed by atoms with Crippen LogP contribution in [0.25, 0.3) is 110 Å². The molecule has 11 rings (SSSR count). The third-order valence-corrected chi connectivity index (χ3v) is 8.87. The first-order valence-electron chi connectivity index (χ1n) is 25.9. The average Bonchev–Trinajstić information content (AvgIpc) is 3.96. The van der Waals surface area contributed by atoms with Gasteiger partial charge in [-0.2, -0.15) is 0 Å². The van der Waals surface area contributed by atoms with Crippen molar-refractivity contribution in [1.82, 2.24) is 0 Å². The van der Waals surface area contributed by atoms with E-state index in [2.05, 4.69) is 0 Å². The predicted octanol–water partition coefficient (Wildman–Crippen LogP) is 13.9. The van der Waals surface area contributed by atoms with Gasteiger partial charge in [-0.05, 0) is 108 Å². The van der Waals surface area contributed by atoms with Crippen LogP contribution >= 0.6 is 0 Å². The van der Waals surface area contributed by atoms with Crippen molar-refractivity contribution in [2.45, 2.75) is 0 Å². The van der Waals surface area contributed by atoms with Crippen molar-refractivity contribution in [3.63, 3.8) is 0 Å². The van der Waals surface area contributed by atoms with Gasteiger partial charge in [0.15, 0.2) is 0 Å². The number of para-hydroxylation sites is 1. The molecule has 0 N–H and O–H groups in total. The lowest BCUT2D eigenvalue weighted by Gasteiger charge is -2.18. The van der Waals surface area contributed by atoms with Crippen LogP contribution in [-0.2, 0) is 0 Å². The van der Waals surface area contributed by atoms with Crippen molar-refractivity contribution < 1.29 is 37.6 Å². The summed E-state index contributed by atoms with van der Waals surface area (Å²) in [5, 5.41) is -0.803. The lowest BCUT2D eigenvalue weighted by atomic mass is 9.85. The summed E-state index contributed by atoms with van der Waals surface area (Å²) in [5.41, 5.74) is -4.00. The molecule has 0 spiro atoms. The highest BCUT2D eigenvalue weighted by atomic mass is 16.3. The van der Waals surface area contributed by atoms with E-state index < -0.39 is 171 Å². The summed E-state index contributed by atoms with van der Waals surface area (Å²) in [5.74, 6) is 0. The molecule has 2 aromatic heterocycles. The summed E-state index contributed by atoms with van der Waals surface area (Å²) in [6.45, 7) is 0. The largest absolute Gasteiger partial charge is 0.456 e. The van der Waals surface area contributed by atoms with Crippen molar-refractivity contribution >= 4 is 76.2 Å². The minimum atomic E-state index is -0.935. The molecule has 0 radical (unpaired) electrons. The van der Waals surface area contributed by atoms with Crippen LogP contribution in [0.3, 0.4) is 0 Å². The molecule has 0 saturated carbocycles. The summed E-state index contributed by atoms with van der Waals surface area (Å²) in [4.78, 5) is 0. The molecule has 0 aliphatic heterocycles. The molecule has 0 amide bonds. The van der Waals surface area contributed by atoms with Gasteiger partial charge >= 0.3 is 0 Å². The Hall–Kier alpha value is -6.64. The van der Waals surface area contributed by atoms with Gasteiger partial charge in [0.25, 0.3) is 0 Å². The number of furan rings is 2. The molecular formula is C48H28O2. The number of rotatable bonds is 3. The molecule has 0 bridgehead atoms. The summed E-state index contributed by atoms with van der Waals surface area (Å²) >= 11 is 0. The van der Waals surface area contributed by atoms with Gasteiger partial charge in [-0.25, -0.2) is 0 Å². The smallest absolute Gasteiger partial charge is 0.136 e. The average molecular weight is 658 g/mol. The number of hydrogen-bond donors (Lipinski definition) is 0. The molecule has 232 valence electrons. The lowest BCUT2D eigenvalue weighted by Crippen LogP contribution is -1.91. The molecule has 11 aromatic rings. The maximum atomic E-state index is 9.89. The van der Waals surface area contributed by atoms with Crippen LogP contribution < -0.4 is 0 Å². The Morgan fingerprint density at radius 2 is 0.920 bits per heavy atom. The van der Waals surface area contributed by atoms with Crippen LogP contribution in [0, 0.1) is 0 Å². The van der Waals surface area contributed by atoms with Crippen molar-refractivity contribution in [2.75, 3.05) is 0 Å². The highest BCUT2D eigenvalue weighted by Crippen LogP contribution is 2.45. The Balaban J connectivity index is 1.32. The minimum absolute atomic E-state index is 0.0271. The van der Waals surface area contributed by atoms with Crippen LogP contribution in [-0.4, -0.2) is 0 Å². The predicted molar refractivity (Wildman–Crippen MR) is 210 cm³/mol. The second-order valence-corrected chi connectivity index (χ2v) is 11.6. The van der Waals surface area contributed by atoms with Gasteiger partial charge in [0, 0.05) is 21.5 Å². The normalized spacial score (nSPS) is 17.9. The third-order valence-electron chi connectivity index (χ3n) is 8.87. The fourth-order valence-electron chi connectivity index (χ4n) is 6.72. The molecule has 0 fully saturated rings. The molecule has 0 atom stereocenters. The van der Waals surface area contributed by atoms with E-state index in [1.54, 1.807) is 30.3 Å². The van der Waals surface area contributed by atoms with Crippen LogP contribution in [0.15, 0.2) is 178 Å². The lowest BCUT2D eigenvalue weighted by molar-refractivity contribution is 0.663. The molecule has 0 saturated heterocycles. The molecule has 0 unspecified atom stereocenters. The summed E-state index contributed by atoms with van der Waals surface area (Å²) < 4.78 is 202. The molecule has 9 aromatic carbocycles. The standard InChI is InChI=1S/C48H28O2/c1-2-11-30-26-34(21-20-29(30)10-1)46-37-16-5-3-14-35(37)45(36-15-4-6-17-38(36)46)33-13-9-12-31(27-33)32-22-23-40-44(28-32)50-43-25-24-42-47(48(40)43)39-18-7-8-19-41(39)49-42/h1-28H/i3D,4D,5D,6D,7D,8D,9D,12D,13D,14D,15D,16D,17D,18D,19D,22D,23D,24D,25D,27D,28D. The highest BCUT2D eigenvalue weighted by Gasteiger charge is 2.19. The zero-order valence-electron chi connectivity index (χ0n) is 46.4. The molecule has 2 heteroatoms. The number of fused-ring (bicyclic) bond motifs is 10. The summed E-state index contributed by atoms with van der Waals surface area (Å²) in [7, 11) is 0. The zero-order chi connectivity index (χ0) is 51.0. The van der Waals surface area contributed by atoms with E-state index in [-0.39, 0.29) is 54.6 Å². The Kier molecular flexibility index (Phi) is 2.93. The van der Waals surface area contributed by atoms with Crippen LogP contribution in [0.4, 0.5) is 0 Å². The SMILES string of the molecule is [2H]c1c([2H])c(-c2c([2H])c([2H])c3c(oc4c([2H])c([2H])c5oc6c([2H])c([2H])c([2H])c([2H])c6c5c43)c2[2H])c([2H])c(-c2c3c([2H])c([2H])c([2H])c([2H])c3c(-c3ccc4ccccc4c3)c3c([2H])c([2H])c([2H])c([2H])c23)c1[2H]. The van der Waals surface area contributed by atoms with Gasteiger partial charge in [-0.3, -0.25) is 0 Å². The molecule has 2 nitrogen and oxygen atoms in total. The second-order valence-electron chi connectivity index (χ2n) is 11.6. The van der Waals surface area contributed by atoms with Crippen molar-refractivity contribution in [3.05, 3.63) is 169 Å². The maximum absolute atomic E-state index is 9.89. The van der Waals surface area contributed by atoms with Gasteiger partial charge in [0.1, 0.15) is 22.3 Å². The Morgan fingerprint density at radius 3 is 1.64 bits per heavy atom. The first kappa shape index (κ1) is 14.1. The van der Waals surface area contributed by atoms with Gasteiger partial charge in [0.2, 0.25) is 0 Å². The van der Waals surface area contributed by atoms with E-state index in [1.807, 2.05) is 12.1 Å². The Morgan fingerprint density at radius 1 is 0.360 bits per heavy atom. The first-order chi connectivity index (χ1) is 33.5. The zero-order valence-corrected chi connectivity index (χ0v) is 25.4. The van der Waals surface area contributed by atoms with E-state index >= 15 is 0 Å². The van der Waals surface area contributed by atoms with Crippen LogP contribution in [0.1, 0.15) is 28.8 Å².